The van der Waals surface area contributed by atoms with Crippen LogP contribution in [0.3, 0.4) is 0 Å². The minimum atomic E-state index is -1.17. The molecule has 0 saturated carbocycles. The Labute approximate surface area is 107 Å². The largest absolute Gasteiger partial charge is 0.465 e. The number of halogens is 2. The van der Waals surface area contributed by atoms with Crippen LogP contribution in [0.2, 0.25) is 0 Å². The summed E-state index contributed by atoms with van der Waals surface area (Å²) in [7, 11) is 0.999. The molecule has 0 aromatic heterocycles. The summed E-state index contributed by atoms with van der Waals surface area (Å²) in [5.41, 5.74) is -1.10. The molecule has 19 heavy (non-hydrogen) atoms. The molecule has 2 rings (SSSR count). The lowest BCUT2D eigenvalue weighted by molar-refractivity contribution is -0.117. The van der Waals surface area contributed by atoms with Gasteiger partial charge in [-0.15, -0.1) is 0 Å². The van der Waals surface area contributed by atoms with E-state index < -0.39 is 35.2 Å². The Kier molecular flexibility index (Phi) is 3.48. The molecule has 1 unspecified atom stereocenters. The maximum absolute atomic E-state index is 14.1. The highest BCUT2D eigenvalue weighted by Gasteiger charge is 2.33. The zero-order valence-electron chi connectivity index (χ0n) is 10.0. The fourth-order valence-corrected chi connectivity index (χ4v) is 1.96. The number of hydrogen-bond donors (Lipinski definition) is 1. The molecule has 1 aliphatic rings. The van der Waals surface area contributed by atoms with Gasteiger partial charge in [-0.05, 0) is 12.1 Å². The lowest BCUT2D eigenvalue weighted by Gasteiger charge is -2.18. The molecule has 0 spiro atoms. The molecule has 1 atom stereocenters. The van der Waals surface area contributed by atoms with Crippen LogP contribution >= 0.6 is 0 Å². The number of aliphatic hydroxyl groups is 1. The first kappa shape index (κ1) is 13.4. The molecule has 1 aromatic carbocycles. The number of aliphatic hydroxyl groups excluding tert-OH is 1. The third-order valence-electron chi connectivity index (χ3n) is 2.86. The standard InChI is InChI=1S/C12H11F2NO4/c1-19-12(18)10-7(13)2-3-8(11(10)14)15-5-6(16)4-9(15)17/h2-3,6,16H,4-5H2,1H3. The monoisotopic (exact) mass is 271 g/mol. The average Bonchev–Trinajstić information content (AvgIpc) is 2.68. The Morgan fingerprint density at radius 3 is 2.68 bits per heavy atom. The van der Waals surface area contributed by atoms with E-state index in [1.165, 1.54) is 0 Å². The fourth-order valence-electron chi connectivity index (χ4n) is 1.96. The van der Waals surface area contributed by atoms with Gasteiger partial charge in [-0.1, -0.05) is 0 Å². The van der Waals surface area contributed by atoms with Crippen LogP contribution in [0.1, 0.15) is 16.8 Å². The Balaban J connectivity index is 2.48. The second kappa shape index (κ2) is 4.93. The molecule has 1 aromatic rings. The van der Waals surface area contributed by atoms with Gasteiger partial charge >= 0.3 is 5.97 Å². The fraction of sp³-hybridized carbons (Fsp3) is 0.333. The molecule has 0 aliphatic carbocycles. The summed E-state index contributed by atoms with van der Waals surface area (Å²) < 4.78 is 31.8. The van der Waals surface area contributed by atoms with Crippen LogP contribution in [0.5, 0.6) is 0 Å². The minimum absolute atomic E-state index is 0.0952. The number of methoxy groups -OCH3 is 1. The van der Waals surface area contributed by atoms with Crippen LogP contribution in [-0.4, -0.2) is 36.7 Å². The SMILES string of the molecule is COC(=O)c1c(F)ccc(N2CC(O)CC2=O)c1F. The second-order valence-corrected chi connectivity index (χ2v) is 4.11. The molecule has 5 nitrogen and oxygen atoms in total. The molecule has 0 bridgehead atoms. The second-order valence-electron chi connectivity index (χ2n) is 4.11. The number of nitrogens with zero attached hydrogens (tertiary/aromatic N) is 1. The summed E-state index contributed by atoms with van der Waals surface area (Å²) in [4.78, 5) is 23.9. The van der Waals surface area contributed by atoms with Gasteiger partial charge in [0.2, 0.25) is 5.91 Å². The number of β-amino-alcohol motifs (C(OH)–C–C–N with tert-alkyl or cyclic N) is 1. The van der Waals surface area contributed by atoms with Crippen LogP contribution in [0.4, 0.5) is 14.5 Å². The molecule has 1 heterocycles. The third-order valence-corrected chi connectivity index (χ3v) is 2.86. The molecule has 1 fully saturated rings. The number of ether oxygens (including phenoxy) is 1. The molecule has 0 radical (unpaired) electrons. The molecular weight excluding hydrogens is 260 g/mol. The van der Waals surface area contributed by atoms with Gasteiger partial charge in [-0.2, -0.15) is 0 Å². The van der Waals surface area contributed by atoms with Crippen LogP contribution < -0.4 is 4.90 Å². The number of carbonyl (C=O) groups excluding carboxylic acids is 2. The number of carbonyl (C=O) groups is 2. The predicted octanol–water partition coefficient (Wildman–Crippen LogP) is 0.849. The van der Waals surface area contributed by atoms with Gasteiger partial charge in [0, 0.05) is 0 Å². The third kappa shape index (κ3) is 2.28. The van der Waals surface area contributed by atoms with Crippen molar-refractivity contribution in [3.8, 4) is 0 Å². The van der Waals surface area contributed by atoms with Gasteiger partial charge in [0.1, 0.15) is 11.4 Å². The number of rotatable bonds is 2. The van der Waals surface area contributed by atoms with E-state index in [9.17, 15) is 23.5 Å². The normalized spacial score (nSPS) is 18.8. The van der Waals surface area contributed by atoms with Crippen molar-refractivity contribution in [2.45, 2.75) is 12.5 Å². The quantitative estimate of drug-likeness (QED) is 0.810. The van der Waals surface area contributed by atoms with Gasteiger partial charge in [0.15, 0.2) is 5.82 Å². The number of hydrogen-bond acceptors (Lipinski definition) is 4. The average molecular weight is 271 g/mol. The lowest BCUT2D eigenvalue weighted by atomic mass is 10.1. The van der Waals surface area contributed by atoms with Crippen LogP contribution in [0.15, 0.2) is 12.1 Å². The highest BCUT2D eigenvalue weighted by atomic mass is 19.1. The van der Waals surface area contributed by atoms with Crippen molar-refractivity contribution in [3.05, 3.63) is 29.3 Å². The van der Waals surface area contributed by atoms with Crippen molar-refractivity contribution in [1.29, 1.82) is 0 Å². The lowest BCUT2D eigenvalue weighted by Crippen LogP contribution is -2.27. The van der Waals surface area contributed by atoms with E-state index in [0.717, 1.165) is 24.1 Å². The first-order valence-electron chi connectivity index (χ1n) is 5.50. The Morgan fingerprint density at radius 2 is 2.16 bits per heavy atom. The predicted molar refractivity (Wildman–Crippen MR) is 60.7 cm³/mol. The Hall–Kier alpha value is -2.02. The summed E-state index contributed by atoms with van der Waals surface area (Å²) in [6.45, 7) is -0.0952. The van der Waals surface area contributed by atoms with E-state index in [1.54, 1.807) is 0 Å². The minimum Gasteiger partial charge on any atom is -0.465 e. The van der Waals surface area contributed by atoms with Gasteiger partial charge in [0.25, 0.3) is 0 Å². The molecule has 1 saturated heterocycles. The molecule has 102 valence electrons. The zero-order valence-corrected chi connectivity index (χ0v) is 10.0. The maximum atomic E-state index is 14.1. The summed E-state index contributed by atoms with van der Waals surface area (Å²) in [5.74, 6) is -3.90. The van der Waals surface area contributed by atoms with E-state index in [0.29, 0.717) is 0 Å². The molecule has 7 heteroatoms. The molecule has 1 amide bonds. The van der Waals surface area contributed by atoms with Crippen LogP contribution in [0.25, 0.3) is 0 Å². The van der Waals surface area contributed by atoms with Crippen molar-refractivity contribution in [2.75, 3.05) is 18.6 Å². The number of benzene rings is 1. The Morgan fingerprint density at radius 1 is 1.47 bits per heavy atom. The van der Waals surface area contributed by atoms with E-state index in [1.807, 2.05) is 0 Å². The smallest absolute Gasteiger partial charge is 0.343 e. The highest BCUT2D eigenvalue weighted by molar-refractivity contribution is 5.98. The molecule has 1 N–H and O–H groups in total. The van der Waals surface area contributed by atoms with Gasteiger partial charge in [-0.25, -0.2) is 13.6 Å². The first-order valence-corrected chi connectivity index (χ1v) is 5.50. The van der Waals surface area contributed by atoms with E-state index >= 15 is 0 Å². The van der Waals surface area contributed by atoms with Gasteiger partial charge in [-0.3, -0.25) is 4.79 Å². The van der Waals surface area contributed by atoms with Crippen molar-refractivity contribution in [2.24, 2.45) is 0 Å². The van der Waals surface area contributed by atoms with Crippen LogP contribution in [0, 0.1) is 11.6 Å². The van der Waals surface area contributed by atoms with Gasteiger partial charge in [0.05, 0.1) is 31.9 Å². The maximum Gasteiger partial charge on any atom is 0.343 e. The number of esters is 1. The number of amides is 1. The molecule has 1 aliphatic heterocycles. The summed E-state index contributed by atoms with van der Waals surface area (Å²) in [5, 5.41) is 9.35. The first-order chi connectivity index (χ1) is 8.95. The molecular formula is C12H11F2NO4. The zero-order chi connectivity index (χ0) is 14.2. The summed E-state index contributed by atoms with van der Waals surface area (Å²) in [6.07, 6.45) is -1.04. The van der Waals surface area contributed by atoms with E-state index in [2.05, 4.69) is 4.74 Å². The van der Waals surface area contributed by atoms with E-state index in [-0.39, 0.29) is 18.7 Å². The van der Waals surface area contributed by atoms with Crippen molar-refractivity contribution < 1.29 is 28.2 Å². The van der Waals surface area contributed by atoms with Crippen molar-refractivity contribution in [3.63, 3.8) is 0 Å². The summed E-state index contributed by atoms with van der Waals surface area (Å²) in [6, 6.07) is 1.93. The van der Waals surface area contributed by atoms with Crippen molar-refractivity contribution >= 4 is 17.6 Å². The summed E-state index contributed by atoms with van der Waals surface area (Å²) >= 11 is 0. The van der Waals surface area contributed by atoms with E-state index in [4.69, 9.17) is 0 Å². The highest BCUT2D eigenvalue weighted by Crippen LogP contribution is 2.28. The van der Waals surface area contributed by atoms with Gasteiger partial charge < -0.3 is 14.7 Å². The van der Waals surface area contributed by atoms with Crippen molar-refractivity contribution in [1.82, 2.24) is 0 Å². The Bertz CT molecular complexity index is 547. The number of anilines is 1. The topological polar surface area (TPSA) is 66.8 Å². The van der Waals surface area contributed by atoms with Crippen LogP contribution in [-0.2, 0) is 9.53 Å².